The van der Waals surface area contributed by atoms with Crippen LogP contribution in [0.1, 0.15) is 22.9 Å². The molecule has 0 fully saturated rings. The van der Waals surface area contributed by atoms with Crippen LogP contribution in [0, 0.1) is 5.92 Å². The van der Waals surface area contributed by atoms with Crippen LogP contribution in [0.2, 0.25) is 0 Å². The van der Waals surface area contributed by atoms with Crippen LogP contribution in [-0.2, 0) is 6.42 Å². The van der Waals surface area contributed by atoms with Gasteiger partial charge in [0.05, 0.1) is 0 Å². The summed E-state index contributed by atoms with van der Waals surface area (Å²) >= 11 is 1.88. The van der Waals surface area contributed by atoms with E-state index in [1.165, 1.54) is 18.4 Å². The molecule has 2 N–H and O–H groups in total. The van der Waals surface area contributed by atoms with Gasteiger partial charge in [-0.15, -0.1) is 11.3 Å². The number of hydrogen-bond donors (Lipinski definition) is 1. The van der Waals surface area contributed by atoms with Crippen molar-refractivity contribution in [3.8, 4) is 0 Å². The van der Waals surface area contributed by atoms with Crippen molar-refractivity contribution >= 4 is 11.3 Å². The molecule has 78 valence electrons. The molecule has 1 aliphatic rings. The molecule has 1 aliphatic carbocycles. The van der Waals surface area contributed by atoms with Crippen molar-refractivity contribution in [2.75, 3.05) is 20.6 Å². The highest BCUT2D eigenvalue weighted by molar-refractivity contribution is 7.10. The monoisotopic (exact) mass is 210 g/mol. The second-order valence-electron chi connectivity index (χ2n) is 4.32. The van der Waals surface area contributed by atoms with Crippen LogP contribution in [0.5, 0.6) is 0 Å². The molecule has 0 amide bonds. The number of fused-ring (bicyclic) bond motifs is 1. The highest BCUT2D eigenvalue weighted by Gasteiger charge is 2.28. The lowest BCUT2D eigenvalue weighted by Crippen LogP contribution is -2.30. The summed E-state index contributed by atoms with van der Waals surface area (Å²) in [4.78, 5) is 3.86. The lowest BCUT2D eigenvalue weighted by molar-refractivity contribution is 0.235. The van der Waals surface area contributed by atoms with Crippen LogP contribution in [0.25, 0.3) is 0 Å². The first kappa shape index (κ1) is 10.1. The third kappa shape index (κ3) is 1.72. The fraction of sp³-hybridized carbons (Fsp3) is 0.636. The number of nitrogens with zero attached hydrogens (tertiary/aromatic N) is 1. The maximum Gasteiger partial charge on any atom is 0.0356 e. The van der Waals surface area contributed by atoms with Gasteiger partial charge in [-0.05, 0) is 56.4 Å². The van der Waals surface area contributed by atoms with Gasteiger partial charge in [0.1, 0.15) is 0 Å². The van der Waals surface area contributed by atoms with E-state index in [1.54, 1.807) is 4.88 Å². The minimum atomic E-state index is 0.582. The Balaban J connectivity index is 2.27. The van der Waals surface area contributed by atoms with Crippen LogP contribution < -0.4 is 5.73 Å². The van der Waals surface area contributed by atoms with E-state index in [2.05, 4.69) is 30.4 Å². The number of thiophene rings is 1. The second-order valence-corrected chi connectivity index (χ2v) is 5.32. The summed E-state index contributed by atoms with van der Waals surface area (Å²) in [5.74, 6) is 0.675. The first-order chi connectivity index (χ1) is 6.72. The van der Waals surface area contributed by atoms with E-state index in [4.69, 9.17) is 5.73 Å². The van der Waals surface area contributed by atoms with E-state index in [9.17, 15) is 0 Å². The summed E-state index contributed by atoms with van der Waals surface area (Å²) in [7, 11) is 4.32. The first-order valence-corrected chi connectivity index (χ1v) is 6.03. The van der Waals surface area contributed by atoms with Gasteiger partial charge in [-0.2, -0.15) is 0 Å². The highest BCUT2D eigenvalue weighted by Crippen LogP contribution is 2.38. The van der Waals surface area contributed by atoms with E-state index in [1.807, 2.05) is 11.3 Å². The van der Waals surface area contributed by atoms with E-state index >= 15 is 0 Å². The standard InChI is InChI=1S/C11H18N2S/c1-13(2)10-5-8(7-12)6-11-9(10)3-4-14-11/h3-4,8,10H,5-7,12H2,1-2H3. The first-order valence-electron chi connectivity index (χ1n) is 5.15. The van der Waals surface area contributed by atoms with Gasteiger partial charge >= 0.3 is 0 Å². The Kier molecular flexibility index (Phi) is 2.91. The minimum Gasteiger partial charge on any atom is -0.330 e. The Morgan fingerprint density at radius 2 is 2.36 bits per heavy atom. The van der Waals surface area contributed by atoms with E-state index in [0.717, 1.165) is 6.54 Å². The molecule has 0 radical (unpaired) electrons. The van der Waals surface area contributed by atoms with Crippen molar-refractivity contribution in [2.24, 2.45) is 11.7 Å². The zero-order valence-corrected chi connectivity index (χ0v) is 9.68. The fourth-order valence-corrected chi connectivity index (χ4v) is 3.32. The zero-order chi connectivity index (χ0) is 10.1. The molecule has 0 saturated heterocycles. The molecule has 0 saturated carbocycles. The van der Waals surface area contributed by atoms with Gasteiger partial charge in [-0.25, -0.2) is 0 Å². The summed E-state index contributed by atoms with van der Waals surface area (Å²) in [6.07, 6.45) is 2.40. The van der Waals surface area contributed by atoms with Gasteiger partial charge in [-0.3, -0.25) is 0 Å². The number of nitrogens with two attached hydrogens (primary N) is 1. The second kappa shape index (κ2) is 4.01. The maximum absolute atomic E-state index is 5.78. The molecule has 3 heteroatoms. The van der Waals surface area contributed by atoms with Crippen molar-refractivity contribution in [3.05, 3.63) is 21.9 Å². The molecule has 14 heavy (non-hydrogen) atoms. The van der Waals surface area contributed by atoms with Crippen LogP contribution >= 0.6 is 11.3 Å². The van der Waals surface area contributed by atoms with Crippen molar-refractivity contribution in [1.82, 2.24) is 4.90 Å². The van der Waals surface area contributed by atoms with Gasteiger partial charge in [0.2, 0.25) is 0 Å². The molecular weight excluding hydrogens is 192 g/mol. The van der Waals surface area contributed by atoms with Crippen LogP contribution in [0.3, 0.4) is 0 Å². The van der Waals surface area contributed by atoms with Crippen molar-refractivity contribution < 1.29 is 0 Å². The molecule has 1 aromatic heterocycles. The Labute approximate surface area is 89.7 Å². The maximum atomic E-state index is 5.78. The molecule has 2 atom stereocenters. The van der Waals surface area contributed by atoms with Gasteiger partial charge < -0.3 is 10.6 Å². The lowest BCUT2D eigenvalue weighted by atomic mass is 9.85. The summed E-state index contributed by atoms with van der Waals surface area (Å²) < 4.78 is 0. The predicted octanol–water partition coefficient (Wildman–Crippen LogP) is 1.87. The van der Waals surface area contributed by atoms with Gasteiger partial charge in [0, 0.05) is 10.9 Å². The lowest BCUT2D eigenvalue weighted by Gasteiger charge is -2.33. The highest BCUT2D eigenvalue weighted by atomic mass is 32.1. The number of rotatable bonds is 2. The topological polar surface area (TPSA) is 29.3 Å². The van der Waals surface area contributed by atoms with Gasteiger partial charge in [-0.1, -0.05) is 0 Å². The number of hydrogen-bond acceptors (Lipinski definition) is 3. The van der Waals surface area contributed by atoms with E-state index < -0.39 is 0 Å². The van der Waals surface area contributed by atoms with Crippen molar-refractivity contribution in [1.29, 1.82) is 0 Å². The Bertz CT molecular complexity index is 306. The summed E-state index contributed by atoms with van der Waals surface area (Å²) in [6.45, 7) is 0.821. The molecule has 0 aromatic carbocycles. The molecule has 0 aliphatic heterocycles. The Morgan fingerprint density at radius 3 is 3.00 bits per heavy atom. The quantitative estimate of drug-likeness (QED) is 0.807. The zero-order valence-electron chi connectivity index (χ0n) is 8.86. The smallest absolute Gasteiger partial charge is 0.0356 e. The van der Waals surface area contributed by atoms with Gasteiger partial charge in [0.25, 0.3) is 0 Å². The molecule has 1 heterocycles. The van der Waals surface area contributed by atoms with Crippen LogP contribution in [0.4, 0.5) is 0 Å². The van der Waals surface area contributed by atoms with Crippen LogP contribution in [-0.4, -0.2) is 25.5 Å². The van der Waals surface area contributed by atoms with Gasteiger partial charge in [0.15, 0.2) is 0 Å². The van der Waals surface area contributed by atoms with Crippen LogP contribution in [0.15, 0.2) is 11.4 Å². The molecule has 0 spiro atoms. The predicted molar refractivity (Wildman–Crippen MR) is 61.6 cm³/mol. The molecule has 2 rings (SSSR count). The van der Waals surface area contributed by atoms with E-state index in [-0.39, 0.29) is 0 Å². The molecular formula is C11H18N2S. The summed E-state index contributed by atoms with van der Waals surface area (Å²) in [5, 5.41) is 2.21. The average Bonchev–Trinajstić information content (AvgIpc) is 2.63. The summed E-state index contributed by atoms with van der Waals surface area (Å²) in [5.41, 5.74) is 7.31. The van der Waals surface area contributed by atoms with Crippen molar-refractivity contribution in [2.45, 2.75) is 18.9 Å². The van der Waals surface area contributed by atoms with Crippen molar-refractivity contribution in [3.63, 3.8) is 0 Å². The SMILES string of the molecule is CN(C)C1CC(CN)Cc2sccc21. The largest absolute Gasteiger partial charge is 0.330 e. The molecule has 1 aromatic rings. The normalized spacial score (nSPS) is 26.6. The Hall–Kier alpha value is -0.380. The third-order valence-electron chi connectivity index (χ3n) is 3.13. The van der Waals surface area contributed by atoms with E-state index in [0.29, 0.717) is 12.0 Å². The molecule has 2 nitrogen and oxygen atoms in total. The summed E-state index contributed by atoms with van der Waals surface area (Å²) in [6, 6.07) is 2.86. The molecule has 2 unspecified atom stereocenters. The third-order valence-corrected chi connectivity index (χ3v) is 4.09. The average molecular weight is 210 g/mol. The molecule has 0 bridgehead atoms. The fourth-order valence-electron chi connectivity index (χ4n) is 2.27. The minimum absolute atomic E-state index is 0.582. The Morgan fingerprint density at radius 1 is 1.57 bits per heavy atom.